The van der Waals surface area contributed by atoms with Gasteiger partial charge in [0.2, 0.25) is 0 Å². The fraction of sp³-hybridized carbons (Fsp3) is 0.147. The van der Waals surface area contributed by atoms with Crippen molar-refractivity contribution >= 4 is 21.9 Å². The van der Waals surface area contributed by atoms with Crippen LogP contribution in [0.4, 0.5) is 0 Å². The van der Waals surface area contributed by atoms with Crippen LogP contribution in [0.2, 0.25) is 0 Å². The van der Waals surface area contributed by atoms with Gasteiger partial charge in [-0.1, -0.05) is 67.1 Å². The van der Waals surface area contributed by atoms with E-state index in [0.29, 0.717) is 0 Å². The quantitative estimate of drug-likeness (QED) is 0.258. The van der Waals surface area contributed by atoms with Gasteiger partial charge in [0.25, 0.3) is 0 Å². The average Bonchev–Trinajstić information content (AvgIpc) is 3.26. The van der Waals surface area contributed by atoms with Crippen molar-refractivity contribution in [2.75, 3.05) is 0 Å². The molecule has 1 unspecified atom stereocenters. The van der Waals surface area contributed by atoms with E-state index in [1.165, 1.54) is 44.3 Å². The van der Waals surface area contributed by atoms with E-state index in [4.69, 9.17) is 9.40 Å². The molecule has 1 atom stereocenters. The van der Waals surface area contributed by atoms with Crippen molar-refractivity contribution in [3.63, 3.8) is 0 Å². The van der Waals surface area contributed by atoms with Crippen molar-refractivity contribution in [3.05, 3.63) is 125 Å². The van der Waals surface area contributed by atoms with Gasteiger partial charge in [0, 0.05) is 28.5 Å². The molecule has 0 aliphatic heterocycles. The van der Waals surface area contributed by atoms with Gasteiger partial charge in [-0.25, -0.2) is 0 Å². The molecule has 0 fully saturated rings. The summed E-state index contributed by atoms with van der Waals surface area (Å²) < 4.78 is 6.29. The number of nitrogens with zero attached hydrogens (tertiary/aromatic N) is 1. The zero-order chi connectivity index (χ0) is 24.8. The van der Waals surface area contributed by atoms with Gasteiger partial charge in [-0.05, 0) is 90.6 Å². The fourth-order valence-corrected chi connectivity index (χ4v) is 5.67. The average molecular weight is 468 g/mol. The van der Waals surface area contributed by atoms with Crippen LogP contribution in [0.25, 0.3) is 44.3 Å². The summed E-state index contributed by atoms with van der Waals surface area (Å²) in [5.41, 5.74) is 12.8. The van der Waals surface area contributed by atoms with E-state index in [2.05, 4.69) is 119 Å². The van der Waals surface area contributed by atoms with Crippen molar-refractivity contribution < 1.29 is 4.42 Å². The Morgan fingerprint density at radius 1 is 0.694 bits per heavy atom. The summed E-state index contributed by atoms with van der Waals surface area (Å²) in [6, 6.07) is 32.3. The Balaban J connectivity index is 1.50. The van der Waals surface area contributed by atoms with E-state index in [1.807, 2.05) is 6.20 Å². The monoisotopic (exact) mass is 467 g/mol. The number of hydrogen-bond donors (Lipinski definition) is 0. The molecule has 176 valence electrons. The second kappa shape index (κ2) is 8.80. The summed E-state index contributed by atoms with van der Waals surface area (Å²) in [7, 11) is 0. The Morgan fingerprint density at radius 3 is 2.25 bits per heavy atom. The third kappa shape index (κ3) is 3.79. The normalized spacial score (nSPS) is 12.3. The molecule has 0 saturated heterocycles. The van der Waals surface area contributed by atoms with Crippen LogP contribution in [0, 0.1) is 20.8 Å². The van der Waals surface area contributed by atoms with E-state index in [1.54, 1.807) is 0 Å². The standard InChI is InChI=1S/C34H29NO/c1-21-17-22(2)33(23(3)18-21)27-15-16-35-30(20-27)26-13-14-31-29(19-26)34-28(11-8-12-32(34)36-31)24(4)25-9-6-5-7-10-25/h5-20,24H,1-4H3. The van der Waals surface area contributed by atoms with E-state index >= 15 is 0 Å². The smallest absolute Gasteiger partial charge is 0.135 e. The summed E-state index contributed by atoms with van der Waals surface area (Å²) in [6.45, 7) is 8.80. The van der Waals surface area contributed by atoms with Crippen LogP contribution in [0.15, 0.2) is 102 Å². The first-order chi connectivity index (χ1) is 17.5. The molecule has 0 saturated carbocycles. The molecular formula is C34H29NO. The number of aryl methyl sites for hydroxylation is 3. The van der Waals surface area contributed by atoms with Gasteiger partial charge in [-0.3, -0.25) is 4.98 Å². The predicted molar refractivity (Wildman–Crippen MR) is 151 cm³/mol. The van der Waals surface area contributed by atoms with Gasteiger partial charge < -0.3 is 4.42 Å². The van der Waals surface area contributed by atoms with Crippen molar-refractivity contribution in [1.82, 2.24) is 4.98 Å². The lowest BCUT2D eigenvalue weighted by molar-refractivity contribution is 0.668. The minimum absolute atomic E-state index is 0.258. The molecule has 0 aliphatic rings. The summed E-state index contributed by atoms with van der Waals surface area (Å²) in [4.78, 5) is 4.76. The first-order valence-corrected chi connectivity index (χ1v) is 12.5. The Morgan fingerprint density at radius 2 is 1.47 bits per heavy atom. The number of benzene rings is 4. The van der Waals surface area contributed by atoms with Gasteiger partial charge in [0.15, 0.2) is 0 Å². The Hall–Kier alpha value is -4.17. The molecular weight excluding hydrogens is 438 g/mol. The second-order valence-corrected chi connectivity index (χ2v) is 9.87. The highest BCUT2D eigenvalue weighted by molar-refractivity contribution is 6.08. The van der Waals surface area contributed by atoms with E-state index in [9.17, 15) is 0 Å². The number of pyridine rings is 1. The van der Waals surface area contributed by atoms with Crippen LogP contribution in [0.5, 0.6) is 0 Å². The Labute approximate surface area is 212 Å². The van der Waals surface area contributed by atoms with Crippen LogP contribution < -0.4 is 0 Å². The predicted octanol–water partition coefficient (Wildman–Crippen LogP) is 9.39. The van der Waals surface area contributed by atoms with Gasteiger partial charge in [0.05, 0.1) is 5.69 Å². The lowest BCUT2D eigenvalue weighted by atomic mass is 9.89. The van der Waals surface area contributed by atoms with Crippen LogP contribution in [-0.4, -0.2) is 4.98 Å². The number of fused-ring (bicyclic) bond motifs is 3. The zero-order valence-corrected chi connectivity index (χ0v) is 21.2. The van der Waals surface area contributed by atoms with Gasteiger partial charge in [0.1, 0.15) is 11.2 Å². The van der Waals surface area contributed by atoms with Gasteiger partial charge in [-0.2, -0.15) is 0 Å². The highest BCUT2D eigenvalue weighted by Gasteiger charge is 2.18. The molecule has 2 heteroatoms. The Kier molecular flexibility index (Phi) is 5.45. The molecule has 2 nitrogen and oxygen atoms in total. The maximum absolute atomic E-state index is 6.29. The highest BCUT2D eigenvalue weighted by Crippen LogP contribution is 2.39. The molecule has 36 heavy (non-hydrogen) atoms. The second-order valence-electron chi connectivity index (χ2n) is 9.87. The molecule has 0 spiro atoms. The largest absolute Gasteiger partial charge is 0.456 e. The summed E-state index contributed by atoms with van der Waals surface area (Å²) in [5.74, 6) is 0.258. The summed E-state index contributed by atoms with van der Waals surface area (Å²) in [6.07, 6.45) is 1.92. The molecule has 2 aromatic heterocycles. The Bertz CT molecular complexity index is 1700. The van der Waals surface area contributed by atoms with E-state index in [0.717, 1.165) is 27.8 Å². The first kappa shape index (κ1) is 22.3. The minimum Gasteiger partial charge on any atom is -0.456 e. The maximum atomic E-state index is 6.29. The minimum atomic E-state index is 0.258. The first-order valence-electron chi connectivity index (χ1n) is 12.5. The number of furan rings is 1. The lowest BCUT2D eigenvalue weighted by Crippen LogP contribution is -1.96. The maximum Gasteiger partial charge on any atom is 0.135 e. The topological polar surface area (TPSA) is 26.0 Å². The number of rotatable bonds is 4. The molecule has 6 rings (SSSR count). The van der Waals surface area contributed by atoms with E-state index in [-0.39, 0.29) is 5.92 Å². The SMILES string of the molecule is Cc1cc(C)c(-c2ccnc(-c3ccc4oc5cccc(C(C)c6ccccc6)c5c4c3)c2)c(C)c1. The molecule has 0 radical (unpaired) electrons. The third-order valence-corrected chi connectivity index (χ3v) is 7.31. The third-order valence-electron chi connectivity index (χ3n) is 7.31. The van der Waals surface area contributed by atoms with Crippen molar-refractivity contribution in [2.24, 2.45) is 0 Å². The molecule has 0 aliphatic carbocycles. The summed E-state index contributed by atoms with van der Waals surface area (Å²) in [5, 5.41) is 2.32. The number of aromatic nitrogens is 1. The molecule has 6 aromatic rings. The van der Waals surface area contributed by atoms with Crippen LogP contribution in [0.3, 0.4) is 0 Å². The molecule has 0 bridgehead atoms. The molecule has 2 heterocycles. The number of hydrogen-bond acceptors (Lipinski definition) is 2. The highest BCUT2D eigenvalue weighted by atomic mass is 16.3. The van der Waals surface area contributed by atoms with Crippen LogP contribution in [-0.2, 0) is 0 Å². The summed E-state index contributed by atoms with van der Waals surface area (Å²) >= 11 is 0. The van der Waals surface area contributed by atoms with Crippen molar-refractivity contribution in [2.45, 2.75) is 33.6 Å². The van der Waals surface area contributed by atoms with E-state index < -0.39 is 0 Å². The van der Waals surface area contributed by atoms with Crippen LogP contribution in [0.1, 0.15) is 40.7 Å². The van der Waals surface area contributed by atoms with Crippen molar-refractivity contribution in [3.8, 4) is 22.4 Å². The van der Waals surface area contributed by atoms with Gasteiger partial charge >= 0.3 is 0 Å². The van der Waals surface area contributed by atoms with Crippen LogP contribution >= 0.6 is 0 Å². The van der Waals surface area contributed by atoms with Gasteiger partial charge in [-0.15, -0.1) is 0 Å². The van der Waals surface area contributed by atoms with Crippen molar-refractivity contribution in [1.29, 1.82) is 0 Å². The molecule has 0 N–H and O–H groups in total. The fourth-order valence-electron chi connectivity index (χ4n) is 5.67. The molecule has 4 aromatic carbocycles. The lowest BCUT2D eigenvalue weighted by Gasteiger charge is -2.14. The zero-order valence-electron chi connectivity index (χ0n) is 21.2. The molecule has 0 amide bonds.